The van der Waals surface area contributed by atoms with Crippen molar-refractivity contribution in [3.05, 3.63) is 29.6 Å². The van der Waals surface area contributed by atoms with E-state index in [0.29, 0.717) is 13.0 Å². The largest absolute Gasteiger partial charge is 0.345 e. The van der Waals surface area contributed by atoms with Gasteiger partial charge in [-0.05, 0) is 31.9 Å². The van der Waals surface area contributed by atoms with Gasteiger partial charge in [0.05, 0.1) is 0 Å². The van der Waals surface area contributed by atoms with Crippen LogP contribution in [0.5, 0.6) is 0 Å². The van der Waals surface area contributed by atoms with Crippen LogP contribution < -0.4 is 5.32 Å². The first-order chi connectivity index (χ1) is 8.97. The molecule has 0 aliphatic carbocycles. The molecule has 5 nitrogen and oxygen atoms in total. The Labute approximate surface area is 113 Å². The summed E-state index contributed by atoms with van der Waals surface area (Å²) < 4.78 is 0. The summed E-state index contributed by atoms with van der Waals surface area (Å²) in [6.07, 6.45) is 3.89. The Morgan fingerprint density at radius 2 is 2.11 bits per heavy atom. The van der Waals surface area contributed by atoms with Gasteiger partial charge in [0.1, 0.15) is 6.04 Å². The number of rotatable bonds is 2. The van der Waals surface area contributed by atoms with Crippen LogP contribution in [-0.2, 0) is 16.1 Å². The Bertz CT molecular complexity index is 501. The fourth-order valence-electron chi connectivity index (χ4n) is 2.34. The molecule has 2 rings (SSSR count). The van der Waals surface area contributed by atoms with Crippen molar-refractivity contribution in [3.63, 3.8) is 0 Å². The van der Waals surface area contributed by atoms with Crippen LogP contribution in [0, 0.1) is 6.92 Å². The first kappa shape index (κ1) is 13.5. The van der Waals surface area contributed by atoms with Crippen molar-refractivity contribution in [2.75, 3.05) is 0 Å². The zero-order valence-electron chi connectivity index (χ0n) is 11.5. The summed E-state index contributed by atoms with van der Waals surface area (Å²) in [5.74, 6) is -0.113. The number of carbonyl (C=O) groups is 2. The van der Waals surface area contributed by atoms with Crippen molar-refractivity contribution in [2.24, 2.45) is 0 Å². The zero-order chi connectivity index (χ0) is 14.0. The molecule has 1 aliphatic heterocycles. The van der Waals surface area contributed by atoms with E-state index in [0.717, 1.165) is 11.1 Å². The molecule has 2 unspecified atom stereocenters. The number of nitrogens with zero attached hydrogens (tertiary/aromatic N) is 2. The maximum Gasteiger partial charge on any atom is 0.245 e. The van der Waals surface area contributed by atoms with Gasteiger partial charge in [-0.15, -0.1) is 0 Å². The highest BCUT2D eigenvalue weighted by atomic mass is 16.2. The molecule has 0 spiro atoms. The highest BCUT2D eigenvalue weighted by Crippen LogP contribution is 2.15. The lowest BCUT2D eigenvalue weighted by atomic mass is 10.1. The van der Waals surface area contributed by atoms with Crippen LogP contribution >= 0.6 is 0 Å². The van der Waals surface area contributed by atoms with Gasteiger partial charge >= 0.3 is 0 Å². The first-order valence-electron chi connectivity index (χ1n) is 6.47. The van der Waals surface area contributed by atoms with Crippen LogP contribution in [0.1, 0.15) is 31.4 Å². The number of hydrogen-bond acceptors (Lipinski definition) is 3. The lowest BCUT2D eigenvalue weighted by Crippen LogP contribution is -2.44. The van der Waals surface area contributed by atoms with Crippen molar-refractivity contribution in [1.82, 2.24) is 15.2 Å². The molecule has 0 aromatic carbocycles. The molecule has 2 atom stereocenters. The average Bonchev–Trinajstić information content (AvgIpc) is 2.41. The van der Waals surface area contributed by atoms with Gasteiger partial charge in [-0.25, -0.2) is 0 Å². The van der Waals surface area contributed by atoms with Crippen LogP contribution in [0.2, 0.25) is 0 Å². The molecule has 0 radical (unpaired) electrons. The monoisotopic (exact) mass is 261 g/mol. The molecule has 1 N–H and O–H groups in total. The fourth-order valence-corrected chi connectivity index (χ4v) is 2.34. The molecule has 1 aromatic heterocycles. The van der Waals surface area contributed by atoms with E-state index < -0.39 is 6.04 Å². The number of aromatic nitrogens is 1. The lowest BCUT2D eigenvalue weighted by Gasteiger charge is -2.27. The minimum absolute atomic E-state index is 0.0418. The van der Waals surface area contributed by atoms with Gasteiger partial charge < -0.3 is 10.2 Å². The van der Waals surface area contributed by atoms with Gasteiger partial charge in [0.25, 0.3) is 0 Å². The third-order valence-corrected chi connectivity index (χ3v) is 3.33. The predicted octanol–water partition coefficient (Wildman–Crippen LogP) is 1.02. The summed E-state index contributed by atoms with van der Waals surface area (Å²) in [6.45, 7) is 6.09. The second kappa shape index (κ2) is 5.38. The molecule has 2 heterocycles. The molecule has 5 heteroatoms. The molecular formula is C14H19N3O2. The van der Waals surface area contributed by atoms with Crippen LogP contribution in [0.15, 0.2) is 18.5 Å². The number of carbonyl (C=O) groups excluding carboxylic acids is 2. The van der Waals surface area contributed by atoms with Crippen molar-refractivity contribution in [1.29, 1.82) is 0 Å². The standard InChI is InChI=1S/C14H19N3O2/c1-9-4-12(7-15-6-9)8-17-10(2)5-13(18)16-11(3)14(17)19/h4,6-7,10-11H,5,8H2,1-3H3,(H,16,18). The van der Waals surface area contributed by atoms with E-state index in [9.17, 15) is 9.59 Å². The Kier molecular flexibility index (Phi) is 3.83. The summed E-state index contributed by atoms with van der Waals surface area (Å²) >= 11 is 0. The highest BCUT2D eigenvalue weighted by molar-refractivity contribution is 5.90. The number of aryl methyl sites for hydroxylation is 1. The quantitative estimate of drug-likeness (QED) is 0.864. The molecule has 2 amide bonds. The van der Waals surface area contributed by atoms with Gasteiger partial charge in [-0.1, -0.05) is 6.07 Å². The van der Waals surface area contributed by atoms with Gasteiger partial charge in [0, 0.05) is 31.4 Å². The maximum atomic E-state index is 12.3. The molecule has 1 aliphatic rings. The van der Waals surface area contributed by atoms with Crippen molar-refractivity contribution in [3.8, 4) is 0 Å². The number of hydrogen-bond donors (Lipinski definition) is 1. The molecule has 0 bridgehead atoms. The van der Waals surface area contributed by atoms with Gasteiger partial charge in [-0.3, -0.25) is 14.6 Å². The van der Waals surface area contributed by atoms with E-state index in [4.69, 9.17) is 0 Å². The zero-order valence-corrected chi connectivity index (χ0v) is 11.5. The second-order valence-electron chi connectivity index (χ2n) is 5.18. The fraction of sp³-hybridized carbons (Fsp3) is 0.500. The molecular weight excluding hydrogens is 242 g/mol. The minimum atomic E-state index is -0.463. The Morgan fingerprint density at radius 1 is 1.37 bits per heavy atom. The molecule has 102 valence electrons. The summed E-state index contributed by atoms with van der Waals surface area (Å²) in [5.41, 5.74) is 2.05. The Hall–Kier alpha value is -1.91. The molecule has 1 aromatic rings. The van der Waals surface area contributed by atoms with E-state index in [1.54, 1.807) is 24.2 Å². The minimum Gasteiger partial charge on any atom is -0.345 e. The molecule has 19 heavy (non-hydrogen) atoms. The van der Waals surface area contributed by atoms with Crippen molar-refractivity contribution in [2.45, 2.75) is 45.8 Å². The lowest BCUT2D eigenvalue weighted by molar-refractivity contribution is -0.135. The van der Waals surface area contributed by atoms with E-state index in [-0.39, 0.29) is 17.9 Å². The van der Waals surface area contributed by atoms with Gasteiger partial charge in [0.2, 0.25) is 11.8 Å². The smallest absolute Gasteiger partial charge is 0.245 e. The number of pyridine rings is 1. The van der Waals surface area contributed by atoms with Crippen molar-refractivity contribution >= 4 is 11.8 Å². The SMILES string of the molecule is Cc1cncc(CN2C(=O)C(C)NC(=O)CC2C)c1. The maximum absolute atomic E-state index is 12.3. The second-order valence-corrected chi connectivity index (χ2v) is 5.18. The first-order valence-corrected chi connectivity index (χ1v) is 6.47. The molecule has 0 saturated carbocycles. The third kappa shape index (κ3) is 3.10. The topological polar surface area (TPSA) is 62.3 Å². The van der Waals surface area contributed by atoms with E-state index in [2.05, 4.69) is 10.3 Å². The summed E-state index contributed by atoms with van der Waals surface area (Å²) in [4.78, 5) is 29.8. The summed E-state index contributed by atoms with van der Waals surface area (Å²) in [5, 5.41) is 2.70. The molecule has 1 saturated heterocycles. The summed E-state index contributed by atoms with van der Waals surface area (Å²) in [7, 11) is 0. The third-order valence-electron chi connectivity index (χ3n) is 3.33. The Balaban J connectivity index is 2.21. The van der Waals surface area contributed by atoms with Gasteiger partial charge in [-0.2, -0.15) is 0 Å². The summed E-state index contributed by atoms with van der Waals surface area (Å²) in [6, 6.07) is 1.45. The van der Waals surface area contributed by atoms with Crippen LogP contribution in [0.25, 0.3) is 0 Å². The molecule has 1 fully saturated rings. The normalized spacial score (nSPS) is 24.1. The number of nitrogens with one attached hydrogen (secondary N) is 1. The predicted molar refractivity (Wildman–Crippen MR) is 71.2 cm³/mol. The van der Waals surface area contributed by atoms with E-state index in [1.807, 2.05) is 19.9 Å². The van der Waals surface area contributed by atoms with Crippen LogP contribution in [-0.4, -0.2) is 33.8 Å². The Morgan fingerprint density at radius 3 is 2.79 bits per heavy atom. The van der Waals surface area contributed by atoms with Crippen molar-refractivity contribution < 1.29 is 9.59 Å². The van der Waals surface area contributed by atoms with Crippen LogP contribution in [0.4, 0.5) is 0 Å². The van der Waals surface area contributed by atoms with E-state index in [1.165, 1.54) is 0 Å². The van der Waals surface area contributed by atoms with Gasteiger partial charge in [0.15, 0.2) is 0 Å². The van der Waals surface area contributed by atoms with E-state index >= 15 is 0 Å². The highest BCUT2D eigenvalue weighted by Gasteiger charge is 2.31. The average molecular weight is 261 g/mol. The van der Waals surface area contributed by atoms with Crippen LogP contribution in [0.3, 0.4) is 0 Å². The number of amides is 2.